The average Bonchev–Trinajstić information content (AvgIpc) is 3.03. The molecule has 3 atom stereocenters. The number of aliphatic hydroxyl groups excluding tert-OH is 1. The number of rotatable bonds is 5. The zero-order valence-corrected chi connectivity index (χ0v) is 19.4. The Hall–Kier alpha value is -2.13. The molecular formula is C23H28ClFN4O3. The second kappa shape index (κ2) is 8.33. The number of ether oxygens (including phenoxy) is 1. The fourth-order valence-corrected chi connectivity index (χ4v) is 4.56. The first kappa shape index (κ1) is 23.0. The minimum Gasteiger partial charge on any atom is -0.389 e. The standard InChI is InChI=1S/C23H28ClFN4O3/c1-5-23(4,31)20-22(2,3)13-8-12(9-15(25)19(13)28-20)18-14(24)10-26-21(29-18)27-16-6-7-32-11-17(16)30/h8-10,16-17,30-31H,5-7,11H2,1-4H3,(H,26,27,29). The summed E-state index contributed by atoms with van der Waals surface area (Å²) in [5.74, 6) is -0.210. The lowest BCUT2D eigenvalue weighted by atomic mass is 9.74. The van der Waals surface area contributed by atoms with E-state index in [0.717, 1.165) is 0 Å². The van der Waals surface area contributed by atoms with E-state index in [-0.39, 0.29) is 23.4 Å². The Balaban J connectivity index is 1.72. The summed E-state index contributed by atoms with van der Waals surface area (Å²) >= 11 is 6.39. The summed E-state index contributed by atoms with van der Waals surface area (Å²) < 4.78 is 20.4. The van der Waals surface area contributed by atoms with E-state index in [1.54, 1.807) is 6.92 Å². The van der Waals surface area contributed by atoms with Crippen LogP contribution in [0.25, 0.3) is 11.3 Å². The minimum atomic E-state index is -1.15. The average molecular weight is 463 g/mol. The van der Waals surface area contributed by atoms with Gasteiger partial charge in [0.1, 0.15) is 17.1 Å². The zero-order chi connectivity index (χ0) is 23.3. The van der Waals surface area contributed by atoms with Gasteiger partial charge in [0.15, 0.2) is 0 Å². The van der Waals surface area contributed by atoms with E-state index in [2.05, 4.69) is 20.3 Å². The number of anilines is 1. The lowest BCUT2D eigenvalue weighted by Gasteiger charge is -2.32. The van der Waals surface area contributed by atoms with Gasteiger partial charge in [-0.2, -0.15) is 0 Å². The molecule has 4 rings (SSSR count). The molecule has 0 saturated carbocycles. The van der Waals surface area contributed by atoms with Crippen molar-refractivity contribution in [3.05, 3.63) is 34.7 Å². The van der Waals surface area contributed by atoms with Crippen molar-refractivity contribution >= 4 is 28.9 Å². The summed E-state index contributed by atoms with van der Waals surface area (Å²) in [4.78, 5) is 13.2. The number of aromatic nitrogens is 2. The summed E-state index contributed by atoms with van der Waals surface area (Å²) in [7, 11) is 0. The summed E-state index contributed by atoms with van der Waals surface area (Å²) in [6.45, 7) is 8.19. The predicted molar refractivity (Wildman–Crippen MR) is 122 cm³/mol. The number of aliphatic imine (C=N–C) groups is 1. The van der Waals surface area contributed by atoms with Gasteiger partial charge in [0.05, 0.1) is 41.4 Å². The van der Waals surface area contributed by atoms with Crippen molar-refractivity contribution in [3.63, 3.8) is 0 Å². The molecule has 2 aromatic rings. The van der Waals surface area contributed by atoms with Crippen LogP contribution in [0.4, 0.5) is 16.0 Å². The van der Waals surface area contributed by atoms with Crippen LogP contribution in [0.15, 0.2) is 23.3 Å². The van der Waals surface area contributed by atoms with Crippen LogP contribution in [-0.4, -0.2) is 56.9 Å². The van der Waals surface area contributed by atoms with Gasteiger partial charge in [-0.25, -0.2) is 14.4 Å². The maximum atomic E-state index is 15.2. The lowest BCUT2D eigenvalue weighted by molar-refractivity contribution is -0.0136. The molecule has 1 aromatic heterocycles. The molecule has 0 spiro atoms. The monoisotopic (exact) mass is 462 g/mol. The van der Waals surface area contributed by atoms with Crippen LogP contribution in [0.3, 0.4) is 0 Å². The molecular weight excluding hydrogens is 435 g/mol. The molecule has 1 saturated heterocycles. The van der Waals surface area contributed by atoms with Crippen molar-refractivity contribution in [2.45, 2.75) is 63.7 Å². The van der Waals surface area contributed by atoms with Crippen LogP contribution in [0.1, 0.15) is 46.1 Å². The summed E-state index contributed by atoms with van der Waals surface area (Å²) in [6, 6.07) is 2.92. The van der Waals surface area contributed by atoms with E-state index in [9.17, 15) is 10.2 Å². The van der Waals surface area contributed by atoms with E-state index in [0.29, 0.717) is 47.9 Å². The highest BCUT2D eigenvalue weighted by atomic mass is 35.5. The molecule has 0 bridgehead atoms. The smallest absolute Gasteiger partial charge is 0.223 e. The number of benzene rings is 1. The molecule has 3 N–H and O–H groups in total. The van der Waals surface area contributed by atoms with Crippen LogP contribution in [-0.2, 0) is 10.2 Å². The first-order valence-electron chi connectivity index (χ1n) is 10.8. The number of hydrogen-bond donors (Lipinski definition) is 3. The van der Waals surface area contributed by atoms with Gasteiger partial charge in [0, 0.05) is 17.6 Å². The van der Waals surface area contributed by atoms with Gasteiger partial charge < -0.3 is 20.3 Å². The molecule has 3 heterocycles. The molecule has 2 aliphatic rings. The molecule has 9 heteroatoms. The van der Waals surface area contributed by atoms with E-state index in [1.807, 2.05) is 26.8 Å². The Labute approximate surface area is 191 Å². The maximum Gasteiger partial charge on any atom is 0.223 e. The second-order valence-corrected chi connectivity index (χ2v) is 9.55. The van der Waals surface area contributed by atoms with Crippen molar-refractivity contribution in [3.8, 4) is 11.3 Å². The summed E-state index contributed by atoms with van der Waals surface area (Å²) in [5, 5.41) is 24.4. The van der Waals surface area contributed by atoms with Crippen LogP contribution < -0.4 is 5.32 Å². The van der Waals surface area contributed by atoms with Crippen molar-refractivity contribution in [2.24, 2.45) is 4.99 Å². The third-order valence-electron chi connectivity index (χ3n) is 6.41. The van der Waals surface area contributed by atoms with Crippen molar-refractivity contribution in [2.75, 3.05) is 18.5 Å². The third kappa shape index (κ3) is 4.01. The molecule has 2 aliphatic heterocycles. The predicted octanol–water partition coefficient (Wildman–Crippen LogP) is 4.02. The molecule has 32 heavy (non-hydrogen) atoms. The van der Waals surface area contributed by atoms with E-state index in [4.69, 9.17) is 16.3 Å². The van der Waals surface area contributed by atoms with Crippen LogP contribution in [0, 0.1) is 5.82 Å². The third-order valence-corrected chi connectivity index (χ3v) is 6.69. The molecule has 1 fully saturated rings. The molecule has 0 radical (unpaired) electrons. The molecule has 172 valence electrons. The molecule has 0 amide bonds. The van der Waals surface area contributed by atoms with Crippen molar-refractivity contribution in [1.82, 2.24) is 9.97 Å². The first-order chi connectivity index (χ1) is 15.0. The Bertz CT molecular complexity index is 1070. The Morgan fingerprint density at radius 3 is 2.81 bits per heavy atom. The minimum absolute atomic E-state index is 0.233. The number of nitrogens with zero attached hydrogens (tertiary/aromatic N) is 3. The molecule has 3 unspecified atom stereocenters. The van der Waals surface area contributed by atoms with Crippen molar-refractivity contribution in [1.29, 1.82) is 0 Å². The van der Waals surface area contributed by atoms with Gasteiger partial charge in [0.25, 0.3) is 0 Å². The SMILES string of the molecule is CCC(C)(O)C1=Nc2c(F)cc(-c3nc(NC4CCOCC4O)ncc3Cl)cc2C1(C)C. The summed E-state index contributed by atoms with van der Waals surface area (Å²) in [6.07, 6.45) is 1.86. The second-order valence-electron chi connectivity index (χ2n) is 9.14. The van der Waals surface area contributed by atoms with Crippen molar-refractivity contribution < 1.29 is 19.3 Å². The van der Waals surface area contributed by atoms with E-state index >= 15 is 4.39 Å². The Kier molecular flexibility index (Phi) is 6.00. The van der Waals surface area contributed by atoms with Gasteiger partial charge in [0.2, 0.25) is 5.95 Å². The van der Waals surface area contributed by atoms with Crippen LogP contribution >= 0.6 is 11.6 Å². The van der Waals surface area contributed by atoms with Gasteiger partial charge in [-0.3, -0.25) is 4.99 Å². The zero-order valence-electron chi connectivity index (χ0n) is 18.6. The normalized spacial score (nSPS) is 23.9. The lowest BCUT2D eigenvalue weighted by Crippen LogP contribution is -2.44. The molecule has 7 nitrogen and oxygen atoms in total. The fraction of sp³-hybridized carbons (Fsp3) is 0.522. The Morgan fingerprint density at radius 1 is 1.38 bits per heavy atom. The van der Waals surface area contributed by atoms with Gasteiger partial charge in [-0.15, -0.1) is 0 Å². The van der Waals surface area contributed by atoms with Gasteiger partial charge in [-0.1, -0.05) is 32.4 Å². The quantitative estimate of drug-likeness (QED) is 0.620. The molecule has 0 aliphatic carbocycles. The fourth-order valence-electron chi connectivity index (χ4n) is 4.36. The summed E-state index contributed by atoms with van der Waals surface area (Å²) in [5.41, 5.74) is 0.477. The first-order valence-corrected chi connectivity index (χ1v) is 11.1. The molecule has 1 aromatic carbocycles. The largest absolute Gasteiger partial charge is 0.389 e. The number of nitrogens with one attached hydrogen (secondary N) is 1. The van der Waals surface area contributed by atoms with Crippen LogP contribution in [0.5, 0.6) is 0 Å². The number of fused-ring (bicyclic) bond motifs is 1. The topological polar surface area (TPSA) is 99.9 Å². The van der Waals surface area contributed by atoms with Crippen LogP contribution in [0.2, 0.25) is 5.02 Å². The van der Waals surface area contributed by atoms with E-state index < -0.39 is 22.9 Å². The Morgan fingerprint density at radius 2 is 2.12 bits per heavy atom. The number of aliphatic hydroxyl groups is 2. The number of hydrogen-bond acceptors (Lipinski definition) is 7. The maximum absolute atomic E-state index is 15.2. The number of halogens is 2. The highest BCUT2D eigenvalue weighted by Crippen LogP contribution is 2.47. The highest BCUT2D eigenvalue weighted by Gasteiger charge is 2.44. The van der Waals surface area contributed by atoms with Gasteiger partial charge >= 0.3 is 0 Å². The van der Waals surface area contributed by atoms with E-state index in [1.165, 1.54) is 12.3 Å². The highest BCUT2D eigenvalue weighted by molar-refractivity contribution is 6.33. The van der Waals surface area contributed by atoms with Gasteiger partial charge in [-0.05, 0) is 37.5 Å².